The molecule has 280 valence electrons. The number of nitrogens with one attached hydrogen (secondary N) is 1. The Balaban J connectivity index is 1.60. The first kappa shape index (κ1) is 43.9. The zero-order valence-corrected chi connectivity index (χ0v) is 28.2. The summed E-state index contributed by atoms with van der Waals surface area (Å²) in [7, 11) is 0. The summed E-state index contributed by atoms with van der Waals surface area (Å²) in [4.78, 5) is 10.3. The van der Waals surface area contributed by atoms with Crippen molar-refractivity contribution in [2.75, 3.05) is 178 Å². The zero-order chi connectivity index (χ0) is 33.6. The summed E-state index contributed by atoms with van der Waals surface area (Å²) in [6.45, 7) is 13.4. The highest BCUT2D eigenvalue weighted by molar-refractivity contribution is 5.67. The molecule has 0 unspecified atom stereocenters. The molecule has 0 aromatic rings. The van der Waals surface area contributed by atoms with Gasteiger partial charge in [0.1, 0.15) is 6.61 Å². The Labute approximate surface area is 280 Å². The number of hydrogen-bond donors (Lipinski definition) is 2. The van der Waals surface area contributed by atoms with Crippen LogP contribution in [0.1, 0.15) is 12.8 Å². The normalized spacial score (nSPS) is 13.9. The fraction of sp³-hybridized carbons (Fsp3) is 0.968. The van der Waals surface area contributed by atoms with Crippen molar-refractivity contribution in [3.8, 4) is 0 Å². The molecule has 1 aliphatic rings. The Bertz CT molecular complexity index is 632. The minimum Gasteiger partial charge on any atom is -0.480 e. The number of carboxylic acid groups (broad SMARTS) is 1. The van der Waals surface area contributed by atoms with Gasteiger partial charge in [0, 0.05) is 0 Å². The molecule has 0 aromatic carbocycles. The van der Waals surface area contributed by atoms with Gasteiger partial charge in [0.2, 0.25) is 0 Å². The Hall–Kier alpha value is -1.09. The number of rotatable bonds is 39. The molecule has 0 atom stereocenters. The lowest BCUT2D eigenvalue weighted by Gasteiger charge is -2.22. The van der Waals surface area contributed by atoms with Crippen LogP contribution < -0.4 is 5.32 Å². The molecular weight excluding hydrogens is 626 g/mol. The standard InChI is InChI=1S/C31H61NO15/c33-31(34)29-46-26-25-44-22-21-42-18-17-40-14-13-38-10-9-36-6-5-35-7-8-37-11-12-39-15-16-41-19-20-43-23-24-45-27-28-47-30-1-3-32-4-2-30/h30,32H,1-29H2,(H,33,34). The smallest absolute Gasteiger partial charge is 0.329 e. The fourth-order valence-electron chi connectivity index (χ4n) is 3.81. The van der Waals surface area contributed by atoms with Crippen LogP contribution in [0.2, 0.25) is 0 Å². The Kier molecular flexibility index (Phi) is 35.3. The predicted octanol–water partition coefficient (Wildman–Crippen LogP) is 0.0388. The molecule has 16 nitrogen and oxygen atoms in total. The van der Waals surface area contributed by atoms with Gasteiger partial charge >= 0.3 is 5.97 Å². The van der Waals surface area contributed by atoms with Gasteiger partial charge in [0.25, 0.3) is 0 Å². The van der Waals surface area contributed by atoms with E-state index in [2.05, 4.69) is 5.32 Å². The second-order valence-electron chi connectivity index (χ2n) is 10.0. The van der Waals surface area contributed by atoms with Crippen molar-refractivity contribution >= 4 is 5.97 Å². The van der Waals surface area contributed by atoms with Crippen molar-refractivity contribution in [3.05, 3.63) is 0 Å². The van der Waals surface area contributed by atoms with Gasteiger partial charge in [0.15, 0.2) is 0 Å². The van der Waals surface area contributed by atoms with Crippen molar-refractivity contribution in [2.24, 2.45) is 0 Å². The summed E-state index contributed by atoms with van der Waals surface area (Å²) in [6, 6.07) is 0. The molecule has 16 heteroatoms. The van der Waals surface area contributed by atoms with E-state index in [1.807, 2.05) is 0 Å². The molecule has 0 spiro atoms. The Morgan fingerprint density at radius 2 is 0.638 bits per heavy atom. The topological polar surface area (TPSA) is 169 Å². The SMILES string of the molecule is O=C(O)COCCOCCOCCOCCOCCOCCOCCOCCOCCOCCOCCOCCOC1CCNCC1. The molecule has 1 fully saturated rings. The van der Waals surface area contributed by atoms with Gasteiger partial charge in [-0.1, -0.05) is 0 Å². The van der Waals surface area contributed by atoms with Gasteiger partial charge in [-0.2, -0.15) is 0 Å². The van der Waals surface area contributed by atoms with Crippen molar-refractivity contribution < 1.29 is 71.5 Å². The van der Waals surface area contributed by atoms with Gasteiger partial charge in [0.05, 0.1) is 165 Å². The Morgan fingerprint density at radius 3 is 0.894 bits per heavy atom. The van der Waals surface area contributed by atoms with Crippen LogP contribution in [0.15, 0.2) is 0 Å². The summed E-state index contributed by atoms with van der Waals surface area (Å²) in [5.41, 5.74) is 0. The van der Waals surface area contributed by atoms with Crippen molar-refractivity contribution in [1.82, 2.24) is 5.32 Å². The van der Waals surface area contributed by atoms with E-state index in [1.165, 1.54) is 0 Å². The van der Waals surface area contributed by atoms with E-state index in [0.717, 1.165) is 25.9 Å². The lowest BCUT2D eigenvalue weighted by Crippen LogP contribution is -2.33. The van der Waals surface area contributed by atoms with Crippen LogP contribution in [0.25, 0.3) is 0 Å². The van der Waals surface area contributed by atoms with Gasteiger partial charge < -0.3 is 72.0 Å². The van der Waals surface area contributed by atoms with Crippen molar-refractivity contribution in [2.45, 2.75) is 18.9 Å². The van der Waals surface area contributed by atoms with Gasteiger partial charge in [-0.15, -0.1) is 0 Å². The molecule has 1 heterocycles. The lowest BCUT2D eigenvalue weighted by atomic mass is 10.1. The molecule has 1 aliphatic heterocycles. The number of aliphatic carboxylic acids is 1. The summed E-state index contributed by atoms with van der Waals surface area (Å²) in [5, 5.41) is 11.7. The summed E-state index contributed by atoms with van der Waals surface area (Å²) < 4.78 is 70.5. The van der Waals surface area contributed by atoms with E-state index >= 15 is 0 Å². The van der Waals surface area contributed by atoms with E-state index in [0.29, 0.717) is 158 Å². The maximum absolute atomic E-state index is 10.3. The third-order valence-corrected chi connectivity index (χ3v) is 6.19. The third kappa shape index (κ3) is 36.0. The van der Waals surface area contributed by atoms with Crippen molar-refractivity contribution in [1.29, 1.82) is 0 Å². The van der Waals surface area contributed by atoms with E-state index in [9.17, 15) is 4.79 Å². The van der Waals surface area contributed by atoms with E-state index in [1.54, 1.807) is 0 Å². The quantitative estimate of drug-likeness (QED) is 0.0830. The maximum atomic E-state index is 10.3. The van der Waals surface area contributed by atoms with Crippen LogP contribution in [0.4, 0.5) is 0 Å². The molecule has 2 N–H and O–H groups in total. The van der Waals surface area contributed by atoms with Crippen LogP contribution in [0.3, 0.4) is 0 Å². The molecule has 0 bridgehead atoms. The molecule has 1 rings (SSSR count). The molecular formula is C31H61NO15. The van der Waals surface area contributed by atoms with Crippen LogP contribution in [-0.2, 0) is 66.4 Å². The molecule has 0 saturated carbocycles. The molecule has 0 aliphatic carbocycles. The number of carboxylic acids is 1. The highest BCUT2D eigenvalue weighted by atomic mass is 16.6. The minimum absolute atomic E-state index is 0.241. The summed E-state index contributed by atoms with van der Waals surface area (Å²) in [6.07, 6.45) is 2.52. The number of hydrogen-bond acceptors (Lipinski definition) is 15. The lowest BCUT2D eigenvalue weighted by molar-refractivity contribution is -0.142. The largest absolute Gasteiger partial charge is 0.480 e. The van der Waals surface area contributed by atoms with Crippen molar-refractivity contribution in [3.63, 3.8) is 0 Å². The summed E-state index contributed by atoms with van der Waals surface area (Å²) in [5.74, 6) is -0.996. The van der Waals surface area contributed by atoms with E-state index in [4.69, 9.17) is 66.7 Å². The number of piperidine rings is 1. The van der Waals surface area contributed by atoms with E-state index < -0.39 is 5.97 Å². The second-order valence-corrected chi connectivity index (χ2v) is 10.0. The predicted molar refractivity (Wildman–Crippen MR) is 169 cm³/mol. The van der Waals surface area contributed by atoms with Gasteiger partial charge in [-0.05, 0) is 25.9 Å². The fourth-order valence-corrected chi connectivity index (χ4v) is 3.81. The summed E-state index contributed by atoms with van der Waals surface area (Å²) >= 11 is 0. The zero-order valence-electron chi connectivity index (χ0n) is 28.2. The van der Waals surface area contributed by atoms with Gasteiger partial charge in [-0.25, -0.2) is 4.79 Å². The van der Waals surface area contributed by atoms with Gasteiger partial charge in [-0.3, -0.25) is 0 Å². The molecule has 1 saturated heterocycles. The van der Waals surface area contributed by atoms with Crippen LogP contribution in [0.5, 0.6) is 0 Å². The maximum Gasteiger partial charge on any atom is 0.329 e. The van der Waals surface area contributed by atoms with Crippen LogP contribution in [0, 0.1) is 0 Å². The molecule has 0 amide bonds. The first-order valence-electron chi connectivity index (χ1n) is 16.8. The average Bonchev–Trinajstić information content (AvgIpc) is 3.08. The molecule has 47 heavy (non-hydrogen) atoms. The second kappa shape index (κ2) is 37.7. The van der Waals surface area contributed by atoms with Crippen LogP contribution >= 0.6 is 0 Å². The number of carbonyl (C=O) groups is 1. The molecule has 0 radical (unpaired) electrons. The number of ether oxygens (including phenoxy) is 13. The van der Waals surface area contributed by atoms with Crippen LogP contribution in [-0.4, -0.2) is 195 Å². The average molecular weight is 688 g/mol. The first-order chi connectivity index (χ1) is 23.3. The van der Waals surface area contributed by atoms with E-state index in [-0.39, 0.29) is 13.2 Å². The Morgan fingerprint density at radius 1 is 0.404 bits per heavy atom. The third-order valence-electron chi connectivity index (χ3n) is 6.19. The highest BCUT2D eigenvalue weighted by Gasteiger charge is 2.12. The minimum atomic E-state index is -0.996. The highest BCUT2D eigenvalue weighted by Crippen LogP contribution is 2.06. The first-order valence-corrected chi connectivity index (χ1v) is 16.8. The molecule has 0 aromatic heterocycles. The monoisotopic (exact) mass is 687 g/mol.